The number of nitrogens with zero attached hydrogens (tertiary/aromatic N) is 1. The molecule has 0 heterocycles. The van der Waals surface area contributed by atoms with Gasteiger partial charge in [0.25, 0.3) is 0 Å². The number of amides is 1. The molecule has 0 radical (unpaired) electrons. The molecular formula is C14H21NO2. The van der Waals surface area contributed by atoms with E-state index in [9.17, 15) is 4.79 Å². The molecule has 17 heavy (non-hydrogen) atoms. The molecule has 1 aromatic carbocycles. The molecule has 0 saturated carbocycles. The van der Waals surface area contributed by atoms with E-state index in [0.717, 1.165) is 19.4 Å². The van der Waals surface area contributed by atoms with E-state index in [1.54, 1.807) is 4.90 Å². The maximum Gasteiger partial charge on any atom is 0.222 e. The highest BCUT2D eigenvalue weighted by molar-refractivity contribution is 5.75. The molecule has 0 aromatic heterocycles. The van der Waals surface area contributed by atoms with Gasteiger partial charge in [-0.15, -0.1) is 0 Å². The van der Waals surface area contributed by atoms with E-state index < -0.39 is 0 Å². The largest absolute Gasteiger partial charge is 0.396 e. The molecule has 94 valence electrons. The highest BCUT2D eigenvalue weighted by Crippen LogP contribution is 2.03. The van der Waals surface area contributed by atoms with Crippen molar-refractivity contribution in [3.8, 4) is 0 Å². The lowest BCUT2D eigenvalue weighted by Gasteiger charge is -2.17. The molecule has 3 heteroatoms. The van der Waals surface area contributed by atoms with Crippen molar-refractivity contribution in [2.24, 2.45) is 0 Å². The fourth-order valence-corrected chi connectivity index (χ4v) is 1.65. The van der Waals surface area contributed by atoms with E-state index in [-0.39, 0.29) is 12.5 Å². The van der Waals surface area contributed by atoms with E-state index in [2.05, 4.69) is 12.1 Å². The van der Waals surface area contributed by atoms with Gasteiger partial charge in [0.05, 0.1) is 0 Å². The maximum absolute atomic E-state index is 11.7. The molecule has 1 amide bonds. The number of hydrogen-bond acceptors (Lipinski definition) is 2. The Bertz CT molecular complexity index is 324. The third-order valence-corrected chi connectivity index (χ3v) is 2.80. The average molecular weight is 235 g/mol. The normalized spacial score (nSPS) is 10.2. The monoisotopic (exact) mass is 235 g/mol. The topological polar surface area (TPSA) is 40.5 Å². The number of aliphatic hydroxyl groups excluding tert-OH is 1. The van der Waals surface area contributed by atoms with Crippen molar-refractivity contribution in [1.82, 2.24) is 4.90 Å². The third-order valence-electron chi connectivity index (χ3n) is 2.80. The van der Waals surface area contributed by atoms with E-state index in [1.807, 2.05) is 25.2 Å². The fourth-order valence-electron chi connectivity index (χ4n) is 1.65. The Morgan fingerprint density at radius 1 is 1.24 bits per heavy atom. The van der Waals surface area contributed by atoms with Crippen molar-refractivity contribution in [1.29, 1.82) is 0 Å². The molecule has 0 spiro atoms. The van der Waals surface area contributed by atoms with Gasteiger partial charge < -0.3 is 10.0 Å². The molecular weight excluding hydrogens is 214 g/mol. The van der Waals surface area contributed by atoms with Gasteiger partial charge in [-0.05, 0) is 24.8 Å². The van der Waals surface area contributed by atoms with Crippen LogP contribution in [0.15, 0.2) is 30.3 Å². The van der Waals surface area contributed by atoms with Crippen molar-refractivity contribution in [3.05, 3.63) is 35.9 Å². The van der Waals surface area contributed by atoms with Gasteiger partial charge in [0.2, 0.25) is 5.91 Å². The Kier molecular flexibility index (Phi) is 6.33. The molecule has 0 fully saturated rings. The third kappa shape index (κ3) is 5.50. The molecule has 1 rings (SSSR count). The van der Waals surface area contributed by atoms with E-state index >= 15 is 0 Å². The summed E-state index contributed by atoms with van der Waals surface area (Å²) in [5.41, 5.74) is 1.25. The molecule has 0 aliphatic carbocycles. The van der Waals surface area contributed by atoms with Crippen LogP contribution >= 0.6 is 0 Å². The Morgan fingerprint density at radius 3 is 2.59 bits per heavy atom. The summed E-state index contributed by atoms with van der Waals surface area (Å²) < 4.78 is 0. The first-order chi connectivity index (χ1) is 8.24. The molecule has 0 aliphatic rings. The van der Waals surface area contributed by atoms with Crippen LogP contribution in [-0.2, 0) is 11.2 Å². The van der Waals surface area contributed by atoms with Gasteiger partial charge in [0.1, 0.15) is 0 Å². The SMILES string of the molecule is CN(CCc1ccccc1)C(=O)CCCCO. The second-order valence-corrected chi connectivity index (χ2v) is 4.23. The quantitative estimate of drug-likeness (QED) is 0.733. The van der Waals surface area contributed by atoms with Gasteiger partial charge in [-0.3, -0.25) is 4.79 Å². The molecule has 1 N–H and O–H groups in total. The number of carbonyl (C=O) groups excluding carboxylic acids is 1. The van der Waals surface area contributed by atoms with Crippen LogP contribution in [0.3, 0.4) is 0 Å². The van der Waals surface area contributed by atoms with Crippen LogP contribution in [0, 0.1) is 0 Å². The first kappa shape index (κ1) is 13.7. The van der Waals surface area contributed by atoms with Gasteiger partial charge in [0, 0.05) is 26.6 Å². The van der Waals surface area contributed by atoms with Crippen molar-refractivity contribution in [3.63, 3.8) is 0 Å². The van der Waals surface area contributed by atoms with Crippen molar-refractivity contribution < 1.29 is 9.90 Å². The number of hydrogen-bond donors (Lipinski definition) is 1. The molecule has 0 bridgehead atoms. The summed E-state index contributed by atoms with van der Waals surface area (Å²) >= 11 is 0. The number of benzene rings is 1. The first-order valence-electron chi connectivity index (χ1n) is 6.13. The fraction of sp³-hybridized carbons (Fsp3) is 0.500. The van der Waals surface area contributed by atoms with Crippen LogP contribution in [0.25, 0.3) is 0 Å². The van der Waals surface area contributed by atoms with Crippen molar-refractivity contribution in [2.75, 3.05) is 20.2 Å². The predicted molar refractivity (Wildman–Crippen MR) is 68.7 cm³/mol. The van der Waals surface area contributed by atoms with Gasteiger partial charge in [-0.1, -0.05) is 30.3 Å². The average Bonchev–Trinajstić information content (AvgIpc) is 2.37. The number of rotatable bonds is 7. The zero-order valence-corrected chi connectivity index (χ0v) is 10.4. The van der Waals surface area contributed by atoms with Crippen LogP contribution in [0.4, 0.5) is 0 Å². The van der Waals surface area contributed by atoms with Gasteiger partial charge >= 0.3 is 0 Å². The maximum atomic E-state index is 11.7. The molecule has 0 saturated heterocycles. The molecule has 0 aliphatic heterocycles. The van der Waals surface area contributed by atoms with Crippen LogP contribution in [0.2, 0.25) is 0 Å². The summed E-state index contributed by atoms with van der Waals surface area (Å²) in [6, 6.07) is 10.2. The van der Waals surface area contributed by atoms with E-state index in [4.69, 9.17) is 5.11 Å². The lowest BCUT2D eigenvalue weighted by molar-refractivity contribution is -0.130. The Labute approximate surface area is 103 Å². The summed E-state index contributed by atoms with van der Waals surface area (Å²) in [5.74, 6) is 0.161. The lowest BCUT2D eigenvalue weighted by atomic mass is 10.1. The highest BCUT2D eigenvalue weighted by Gasteiger charge is 2.07. The standard InChI is InChI=1S/C14H21NO2/c1-15(14(17)9-5-6-12-16)11-10-13-7-3-2-4-8-13/h2-4,7-8,16H,5-6,9-12H2,1H3. The second kappa shape index (κ2) is 7.85. The van der Waals surface area contributed by atoms with Crippen LogP contribution in [0.5, 0.6) is 0 Å². The number of carbonyl (C=O) groups is 1. The smallest absolute Gasteiger partial charge is 0.222 e. The molecule has 1 aromatic rings. The minimum Gasteiger partial charge on any atom is -0.396 e. The van der Waals surface area contributed by atoms with Crippen LogP contribution < -0.4 is 0 Å². The van der Waals surface area contributed by atoms with E-state index in [1.165, 1.54) is 5.56 Å². The van der Waals surface area contributed by atoms with Crippen molar-refractivity contribution >= 4 is 5.91 Å². The van der Waals surface area contributed by atoms with Crippen LogP contribution in [-0.4, -0.2) is 36.1 Å². The zero-order chi connectivity index (χ0) is 12.5. The Hall–Kier alpha value is -1.35. The lowest BCUT2D eigenvalue weighted by Crippen LogP contribution is -2.28. The molecule has 0 unspecified atom stereocenters. The number of likely N-dealkylation sites (N-methyl/N-ethyl adjacent to an activating group) is 1. The summed E-state index contributed by atoms with van der Waals surface area (Å²) in [6.45, 7) is 0.920. The first-order valence-corrected chi connectivity index (χ1v) is 6.13. The second-order valence-electron chi connectivity index (χ2n) is 4.23. The number of unbranched alkanes of at least 4 members (excludes halogenated alkanes) is 1. The predicted octanol–water partition coefficient (Wildman–Crippen LogP) is 1.85. The summed E-state index contributed by atoms with van der Waals surface area (Å²) in [6.07, 6.45) is 2.90. The van der Waals surface area contributed by atoms with Gasteiger partial charge in [-0.25, -0.2) is 0 Å². The van der Waals surface area contributed by atoms with Crippen LogP contribution in [0.1, 0.15) is 24.8 Å². The number of aliphatic hydroxyl groups is 1. The summed E-state index contributed by atoms with van der Waals surface area (Å²) in [4.78, 5) is 13.5. The molecule has 0 atom stereocenters. The Balaban J connectivity index is 2.24. The zero-order valence-electron chi connectivity index (χ0n) is 10.4. The Morgan fingerprint density at radius 2 is 1.94 bits per heavy atom. The minimum atomic E-state index is 0.161. The summed E-state index contributed by atoms with van der Waals surface area (Å²) in [5, 5.41) is 8.64. The van der Waals surface area contributed by atoms with E-state index in [0.29, 0.717) is 12.8 Å². The highest BCUT2D eigenvalue weighted by atomic mass is 16.3. The molecule has 3 nitrogen and oxygen atoms in total. The minimum absolute atomic E-state index is 0.161. The summed E-state index contributed by atoms with van der Waals surface area (Å²) in [7, 11) is 1.84. The van der Waals surface area contributed by atoms with Crippen molar-refractivity contribution in [2.45, 2.75) is 25.7 Å². The van der Waals surface area contributed by atoms with Gasteiger partial charge in [-0.2, -0.15) is 0 Å². The van der Waals surface area contributed by atoms with Gasteiger partial charge in [0.15, 0.2) is 0 Å².